The molecule has 0 amide bonds. The molecule has 0 fully saturated rings. The van der Waals surface area contributed by atoms with E-state index in [9.17, 15) is 13.2 Å². The first kappa shape index (κ1) is 10.7. The fourth-order valence-electron chi connectivity index (χ4n) is 1.61. The Bertz CT molecular complexity index is 598. The van der Waals surface area contributed by atoms with Gasteiger partial charge in [-0.15, -0.1) is 0 Å². The molecule has 1 N–H and O–H groups in total. The Kier molecular flexibility index (Phi) is 2.23. The SMILES string of the molecule is COc1c(C(=O)O)ccc2c1C=CS2(=O)=O. The van der Waals surface area contributed by atoms with Gasteiger partial charge in [-0.1, -0.05) is 0 Å². The van der Waals surface area contributed by atoms with E-state index in [1.54, 1.807) is 0 Å². The standard InChI is InChI=1S/C10H8O5S/c1-15-9-6-4-5-16(13,14)8(6)3-2-7(9)10(11)12/h2-5H,1H3,(H,11,12). The number of sulfone groups is 1. The van der Waals surface area contributed by atoms with Gasteiger partial charge in [-0.05, 0) is 18.2 Å². The highest BCUT2D eigenvalue weighted by atomic mass is 32.2. The largest absolute Gasteiger partial charge is 0.495 e. The second-order valence-corrected chi connectivity index (χ2v) is 5.01. The van der Waals surface area contributed by atoms with Crippen molar-refractivity contribution >= 4 is 21.9 Å². The third-order valence-electron chi connectivity index (χ3n) is 2.31. The summed E-state index contributed by atoms with van der Waals surface area (Å²) in [7, 11) is -2.13. The lowest BCUT2D eigenvalue weighted by molar-refractivity contribution is 0.0693. The van der Waals surface area contributed by atoms with E-state index < -0.39 is 15.8 Å². The average Bonchev–Trinajstić information content (AvgIpc) is 2.53. The number of aromatic carboxylic acids is 1. The number of benzene rings is 1. The first-order valence-corrected chi connectivity index (χ1v) is 5.89. The molecule has 84 valence electrons. The van der Waals surface area contributed by atoms with Crippen molar-refractivity contribution in [2.75, 3.05) is 7.11 Å². The maximum absolute atomic E-state index is 11.5. The number of rotatable bonds is 2. The van der Waals surface area contributed by atoms with Crippen molar-refractivity contribution in [3.8, 4) is 5.75 Å². The summed E-state index contributed by atoms with van der Waals surface area (Å²) in [5.74, 6) is -1.08. The molecule has 0 aliphatic carbocycles. The number of carboxylic acid groups (broad SMARTS) is 1. The molecule has 0 saturated carbocycles. The molecule has 6 heteroatoms. The van der Waals surface area contributed by atoms with E-state index in [1.807, 2.05) is 0 Å². The molecule has 1 aliphatic heterocycles. The molecule has 1 aliphatic rings. The van der Waals surface area contributed by atoms with E-state index in [-0.39, 0.29) is 16.2 Å². The molecule has 0 atom stereocenters. The smallest absolute Gasteiger partial charge is 0.339 e. The van der Waals surface area contributed by atoms with Gasteiger partial charge in [-0.2, -0.15) is 0 Å². The van der Waals surface area contributed by atoms with Crippen LogP contribution in [0.5, 0.6) is 5.75 Å². The lowest BCUT2D eigenvalue weighted by Crippen LogP contribution is -2.04. The minimum atomic E-state index is -3.43. The van der Waals surface area contributed by atoms with Crippen LogP contribution < -0.4 is 4.74 Å². The number of carbonyl (C=O) groups is 1. The Morgan fingerprint density at radius 1 is 1.38 bits per heavy atom. The molecular formula is C10H8O5S. The van der Waals surface area contributed by atoms with E-state index in [4.69, 9.17) is 9.84 Å². The molecule has 5 nitrogen and oxygen atoms in total. The lowest BCUT2D eigenvalue weighted by atomic mass is 10.1. The van der Waals surface area contributed by atoms with E-state index in [1.165, 1.54) is 25.3 Å². The van der Waals surface area contributed by atoms with Gasteiger partial charge in [0.2, 0.25) is 9.84 Å². The normalized spacial score (nSPS) is 15.8. The van der Waals surface area contributed by atoms with Crippen LogP contribution >= 0.6 is 0 Å². The van der Waals surface area contributed by atoms with Gasteiger partial charge < -0.3 is 9.84 Å². The van der Waals surface area contributed by atoms with Crippen LogP contribution in [0.1, 0.15) is 15.9 Å². The lowest BCUT2D eigenvalue weighted by Gasteiger charge is -2.08. The summed E-state index contributed by atoms with van der Waals surface area (Å²) in [6, 6.07) is 2.50. The predicted molar refractivity (Wildman–Crippen MR) is 56.2 cm³/mol. The first-order chi connectivity index (χ1) is 7.47. The second kappa shape index (κ2) is 3.34. The van der Waals surface area contributed by atoms with Crippen LogP contribution in [0.4, 0.5) is 0 Å². The topological polar surface area (TPSA) is 80.7 Å². The zero-order valence-electron chi connectivity index (χ0n) is 8.30. The molecule has 0 aromatic heterocycles. The monoisotopic (exact) mass is 240 g/mol. The fourth-order valence-corrected chi connectivity index (χ4v) is 2.79. The number of carboxylic acids is 1. The summed E-state index contributed by atoms with van der Waals surface area (Å²) in [6.07, 6.45) is 1.34. The van der Waals surface area contributed by atoms with Gasteiger partial charge in [0.25, 0.3) is 0 Å². The molecule has 0 saturated heterocycles. The fraction of sp³-hybridized carbons (Fsp3) is 0.100. The first-order valence-electron chi connectivity index (χ1n) is 4.35. The second-order valence-electron chi connectivity index (χ2n) is 3.21. The van der Waals surface area contributed by atoms with Crippen molar-refractivity contribution in [1.82, 2.24) is 0 Å². The predicted octanol–water partition coefficient (Wildman–Crippen LogP) is 1.15. The highest BCUT2D eigenvalue weighted by Crippen LogP contribution is 2.36. The van der Waals surface area contributed by atoms with Crippen LogP contribution in [0.25, 0.3) is 6.08 Å². The molecule has 0 spiro atoms. The summed E-state index contributed by atoms with van der Waals surface area (Å²) in [5, 5.41) is 9.94. The van der Waals surface area contributed by atoms with Crippen molar-refractivity contribution in [1.29, 1.82) is 0 Å². The van der Waals surface area contributed by atoms with Gasteiger partial charge in [-0.3, -0.25) is 0 Å². The van der Waals surface area contributed by atoms with E-state index in [2.05, 4.69) is 0 Å². The summed E-state index contributed by atoms with van der Waals surface area (Å²) in [4.78, 5) is 11.0. The van der Waals surface area contributed by atoms with Crippen LogP contribution in [0.15, 0.2) is 22.4 Å². The third-order valence-corrected chi connectivity index (χ3v) is 3.77. The van der Waals surface area contributed by atoms with Gasteiger partial charge in [0, 0.05) is 11.0 Å². The Morgan fingerprint density at radius 3 is 2.62 bits per heavy atom. The van der Waals surface area contributed by atoms with Crippen LogP contribution in [0, 0.1) is 0 Å². The Balaban J connectivity index is 2.79. The van der Waals surface area contributed by atoms with Crippen LogP contribution in [-0.4, -0.2) is 26.6 Å². The van der Waals surface area contributed by atoms with E-state index in [0.29, 0.717) is 5.56 Å². The van der Waals surface area contributed by atoms with Gasteiger partial charge in [0.15, 0.2) is 0 Å². The number of methoxy groups -OCH3 is 1. The van der Waals surface area contributed by atoms with Crippen LogP contribution in [0.2, 0.25) is 0 Å². The molecule has 16 heavy (non-hydrogen) atoms. The van der Waals surface area contributed by atoms with Crippen LogP contribution in [0.3, 0.4) is 0 Å². The average molecular weight is 240 g/mol. The highest BCUT2D eigenvalue weighted by molar-refractivity contribution is 7.94. The van der Waals surface area contributed by atoms with E-state index in [0.717, 1.165) is 5.41 Å². The van der Waals surface area contributed by atoms with Gasteiger partial charge in [-0.25, -0.2) is 13.2 Å². The molecule has 0 unspecified atom stereocenters. The van der Waals surface area contributed by atoms with E-state index >= 15 is 0 Å². The molecule has 1 aromatic carbocycles. The van der Waals surface area contributed by atoms with Crippen molar-refractivity contribution in [2.45, 2.75) is 4.90 Å². The summed E-state index contributed by atoms with van der Waals surface area (Å²) >= 11 is 0. The molecular weight excluding hydrogens is 232 g/mol. The maximum atomic E-state index is 11.5. The molecule has 0 bridgehead atoms. The number of ether oxygens (including phenoxy) is 1. The Labute approximate surface area is 91.9 Å². The molecule has 2 rings (SSSR count). The summed E-state index contributed by atoms with van der Waals surface area (Å²) < 4.78 is 28.0. The quantitative estimate of drug-likeness (QED) is 0.838. The molecule has 0 radical (unpaired) electrons. The summed E-state index contributed by atoms with van der Waals surface area (Å²) in [6.45, 7) is 0. The summed E-state index contributed by atoms with van der Waals surface area (Å²) in [5.41, 5.74) is 0.241. The third kappa shape index (κ3) is 1.38. The van der Waals surface area contributed by atoms with Crippen LogP contribution in [-0.2, 0) is 9.84 Å². The van der Waals surface area contributed by atoms with Gasteiger partial charge in [0.05, 0.1) is 12.0 Å². The highest BCUT2D eigenvalue weighted by Gasteiger charge is 2.27. The maximum Gasteiger partial charge on any atom is 0.339 e. The zero-order valence-corrected chi connectivity index (χ0v) is 9.11. The zero-order chi connectivity index (χ0) is 11.9. The van der Waals surface area contributed by atoms with Gasteiger partial charge in [0.1, 0.15) is 11.3 Å². The minimum absolute atomic E-state index is 0.0528. The van der Waals surface area contributed by atoms with Gasteiger partial charge >= 0.3 is 5.97 Å². The van der Waals surface area contributed by atoms with Crippen molar-refractivity contribution in [3.63, 3.8) is 0 Å². The molecule has 1 aromatic rings. The Hall–Kier alpha value is -1.82. The van der Waals surface area contributed by atoms with Crippen molar-refractivity contribution in [3.05, 3.63) is 28.7 Å². The number of hydrogen-bond acceptors (Lipinski definition) is 4. The minimum Gasteiger partial charge on any atom is -0.495 e. The van der Waals surface area contributed by atoms with Crippen molar-refractivity contribution < 1.29 is 23.1 Å². The number of fused-ring (bicyclic) bond motifs is 1. The van der Waals surface area contributed by atoms with Crippen molar-refractivity contribution in [2.24, 2.45) is 0 Å². The molecule has 1 heterocycles. The number of hydrogen-bond donors (Lipinski definition) is 1. The Morgan fingerprint density at radius 2 is 2.06 bits per heavy atom.